The van der Waals surface area contributed by atoms with Crippen molar-refractivity contribution in [3.63, 3.8) is 0 Å². The molecule has 1 aliphatic heterocycles. The summed E-state index contributed by atoms with van der Waals surface area (Å²) >= 11 is 0. The van der Waals surface area contributed by atoms with Gasteiger partial charge >= 0.3 is 0 Å². The van der Waals surface area contributed by atoms with E-state index < -0.39 is 0 Å². The van der Waals surface area contributed by atoms with Gasteiger partial charge in [0.05, 0.1) is 5.69 Å². The van der Waals surface area contributed by atoms with E-state index >= 15 is 0 Å². The fourth-order valence-electron chi connectivity index (χ4n) is 8.66. The lowest BCUT2D eigenvalue weighted by Crippen LogP contribution is -2.11. The third kappa shape index (κ3) is 6.41. The Morgan fingerprint density at radius 3 is 1.10 bits per heavy atom. The van der Waals surface area contributed by atoms with Crippen LogP contribution in [0.3, 0.4) is 0 Å². The van der Waals surface area contributed by atoms with Crippen LogP contribution < -0.4 is 9.64 Å². The summed E-state index contributed by atoms with van der Waals surface area (Å²) in [7, 11) is 0. The molecule has 0 spiro atoms. The van der Waals surface area contributed by atoms with Gasteiger partial charge in [-0.2, -0.15) is 0 Å². The van der Waals surface area contributed by atoms with Crippen LogP contribution in [0.1, 0.15) is 0 Å². The van der Waals surface area contributed by atoms with Gasteiger partial charge in [-0.1, -0.05) is 194 Å². The molecule has 0 bridgehead atoms. The highest BCUT2D eigenvalue weighted by Gasteiger charge is 2.28. The van der Waals surface area contributed by atoms with E-state index in [0.717, 1.165) is 67.5 Å². The minimum Gasteiger partial charge on any atom is -0.453 e. The number of anilines is 3. The molecule has 0 N–H and O–H groups in total. The van der Waals surface area contributed by atoms with Crippen LogP contribution in [-0.4, -0.2) is 0 Å². The normalized spacial score (nSPS) is 11.5. The van der Waals surface area contributed by atoms with Crippen molar-refractivity contribution < 1.29 is 4.74 Å². The van der Waals surface area contributed by atoms with Crippen molar-refractivity contribution in [2.24, 2.45) is 0 Å². The quantitative estimate of drug-likeness (QED) is 0.160. The van der Waals surface area contributed by atoms with Crippen LogP contribution in [-0.2, 0) is 0 Å². The van der Waals surface area contributed by atoms with E-state index in [2.05, 4.69) is 241 Å². The van der Waals surface area contributed by atoms with Gasteiger partial charge in [0.15, 0.2) is 5.75 Å². The molecule has 0 amide bonds. The van der Waals surface area contributed by atoms with Gasteiger partial charge in [-0.25, -0.2) is 0 Å². The molecule has 0 unspecified atom stereocenters. The van der Waals surface area contributed by atoms with Crippen LogP contribution in [0.25, 0.3) is 77.5 Å². The summed E-state index contributed by atoms with van der Waals surface area (Å²) < 4.78 is 7.44. The lowest BCUT2D eigenvalue weighted by molar-refractivity contribution is 0.490. The van der Waals surface area contributed by atoms with Gasteiger partial charge in [0, 0.05) is 28.1 Å². The highest BCUT2D eigenvalue weighted by Crippen LogP contribution is 2.55. The Balaban J connectivity index is 1.09. The number of nitrogens with zero attached hydrogens (tertiary/aromatic N) is 1. The predicted octanol–water partition coefficient (Wildman–Crippen LogP) is 16.4. The second-order valence-electron chi connectivity index (χ2n) is 15.3. The Hall–Kier alpha value is -7.94. The van der Waals surface area contributed by atoms with Crippen LogP contribution in [0.5, 0.6) is 11.5 Å². The monoisotopic (exact) mass is 765 g/mol. The number of rotatable bonds is 7. The Labute approximate surface area is 350 Å². The number of hydrogen-bond acceptors (Lipinski definition) is 2. The van der Waals surface area contributed by atoms with Gasteiger partial charge in [0.2, 0.25) is 0 Å². The van der Waals surface area contributed by atoms with Crippen molar-refractivity contribution in [3.05, 3.63) is 237 Å². The molecule has 2 heteroatoms. The van der Waals surface area contributed by atoms with Crippen molar-refractivity contribution in [3.8, 4) is 78.3 Å². The first-order valence-electron chi connectivity index (χ1n) is 20.5. The van der Waals surface area contributed by atoms with Crippen LogP contribution in [0.4, 0.5) is 17.1 Å². The van der Waals surface area contributed by atoms with Crippen molar-refractivity contribution in [2.45, 2.75) is 0 Å². The molecule has 0 radical (unpaired) electrons. The number of fused-ring (bicyclic) bond motifs is 6. The summed E-state index contributed by atoms with van der Waals surface area (Å²) in [5, 5.41) is 2.39. The molecule has 0 atom stereocenters. The predicted molar refractivity (Wildman–Crippen MR) is 251 cm³/mol. The first-order chi connectivity index (χ1) is 29.7. The van der Waals surface area contributed by atoms with Gasteiger partial charge in [-0.15, -0.1) is 0 Å². The summed E-state index contributed by atoms with van der Waals surface area (Å²) in [6, 6.07) is 84.7. The molecule has 10 aromatic carbocycles. The molecule has 0 saturated heterocycles. The van der Waals surface area contributed by atoms with E-state index in [0.29, 0.717) is 0 Å². The summed E-state index contributed by atoms with van der Waals surface area (Å²) in [6.45, 7) is 0. The molecule has 282 valence electrons. The first-order valence-corrected chi connectivity index (χ1v) is 20.5. The van der Waals surface area contributed by atoms with E-state index in [9.17, 15) is 0 Å². The Kier molecular flexibility index (Phi) is 8.87. The van der Waals surface area contributed by atoms with Crippen LogP contribution >= 0.6 is 0 Å². The van der Waals surface area contributed by atoms with Gasteiger partial charge in [0.25, 0.3) is 0 Å². The fraction of sp³-hybridized carbons (Fsp3) is 0. The zero-order chi connectivity index (χ0) is 39.8. The van der Waals surface area contributed by atoms with Crippen molar-refractivity contribution in [2.75, 3.05) is 4.90 Å². The minimum atomic E-state index is 0.809. The standard InChI is InChI=1S/C58H39NO/c1-4-14-40(15-5-1)42-26-28-43(29-27-42)45-32-36-50(37-33-45)59(49-34-30-44(31-35-49)41-16-6-2-7-17-41)56-25-13-24-53-55-39-48-21-11-10-20-47(48)38-54(55)52-23-12-22-51(57(52)60-58(53)56)46-18-8-3-9-19-46/h1-39H. The third-order valence-electron chi connectivity index (χ3n) is 11.7. The zero-order valence-corrected chi connectivity index (χ0v) is 32.9. The van der Waals surface area contributed by atoms with Crippen LogP contribution in [0, 0.1) is 0 Å². The van der Waals surface area contributed by atoms with Crippen LogP contribution in [0.2, 0.25) is 0 Å². The average molecular weight is 766 g/mol. The molecule has 11 rings (SSSR count). The Morgan fingerprint density at radius 2 is 0.617 bits per heavy atom. The van der Waals surface area contributed by atoms with Crippen LogP contribution in [0.15, 0.2) is 237 Å². The first kappa shape index (κ1) is 35.2. The molecule has 0 aliphatic carbocycles. The molecule has 0 saturated carbocycles. The molecule has 1 heterocycles. The number of ether oxygens (including phenoxy) is 1. The summed E-state index contributed by atoms with van der Waals surface area (Å²) in [6.07, 6.45) is 0. The molecular formula is C58H39NO. The molecule has 10 aromatic rings. The molecule has 0 fully saturated rings. The maximum Gasteiger partial charge on any atom is 0.159 e. The SMILES string of the molecule is c1ccc(-c2ccc(-c3ccc(N(c4ccc(-c5ccccc5)cc4)c4cccc5c4Oc4c(-c6ccccc6)cccc4-c4cc6ccccc6cc4-5)cc3)cc2)cc1. The average Bonchev–Trinajstić information content (AvgIpc) is 3.47. The van der Waals surface area contributed by atoms with E-state index in [4.69, 9.17) is 4.74 Å². The molecular weight excluding hydrogens is 727 g/mol. The maximum atomic E-state index is 7.44. The molecule has 0 aromatic heterocycles. The van der Waals surface area contributed by atoms with E-state index in [1.54, 1.807) is 0 Å². The smallest absolute Gasteiger partial charge is 0.159 e. The molecule has 1 aliphatic rings. The molecule has 2 nitrogen and oxygen atoms in total. The number of hydrogen-bond donors (Lipinski definition) is 0. The lowest BCUT2D eigenvalue weighted by atomic mass is 9.90. The van der Waals surface area contributed by atoms with Gasteiger partial charge in [0.1, 0.15) is 5.75 Å². The number of para-hydroxylation sites is 2. The van der Waals surface area contributed by atoms with Crippen molar-refractivity contribution in [1.82, 2.24) is 0 Å². The van der Waals surface area contributed by atoms with Gasteiger partial charge in [-0.05, 0) is 103 Å². The second-order valence-corrected chi connectivity index (χ2v) is 15.3. The van der Waals surface area contributed by atoms with Gasteiger partial charge in [-0.3, -0.25) is 0 Å². The maximum absolute atomic E-state index is 7.44. The number of benzene rings is 10. The fourth-order valence-corrected chi connectivity index (χ4v) is 8.66. The summed E-state index contributed by atoms with van der Waals surface area (Å²) in [5.74, 6) is 1.66. The highest BCUT2D eigenvalue weighted by molar-refractivity contribution is 6.03. The largest absolute Gasteiger partial charge is 0.453 e. The van der Waals surface area contributed by atoms with E-state index in [1.807, 2.05) is 0 Å². The van der Waals surface area contributed by atoms with Crippen molar-refractivity contribution in [1.29, 1.82) is 0 Å². The van der Waals surface area contributed by atoms with E-state index in [1.165, 1.54) is 38.6 Å². The topological polar surface area (TPSA) is 12.5 Å². The lowest BCUT2D eigenvalue weighted by Gasteiger charge is -2.29. The Morgan fingerprint density at radius 1 is 0.250 bits per heavy atom. The Bertz CT molecular complexity index is 3120. The van der Waals surface area contributed by atoms with Gasteiger partial charge < -0.3 is 9.64 Å². The zero-order valence-electron chi connectivity index (χ0n) is 32.9. The minimum absolute atomic E-state index is 0.809. The molecule has 60 heavy (non-hydrogen) atoms. The highest BCUT2D eigenvalue weighted by atomic mass is 16.5. The van der Waals surface area contributed by atoms with Crippen molar-refractivity contribution >= 4 is 27.8 Å². The second kappa shape index (κ2) is 15.1. The van der Waals surface area contributed by atoms with E-state index in [-0.39, 0.29) is 0 Å². The third-order valence-corrected chi connectivity index (χ3v) is 11.7. The summed E-state index contributed by atoms with van der Waals surface area (Å²) in [4.78, 5) is 2.34. The summed E-state index contributed by atoms with van der Waals surface area (Å²) in [5.41, 5.74) is 16.7.